The number of unbranched alkanes of at least 4 members (excludes halogenated alkanes) is 7. The van der Waals surface area contributed by atoms with Crippen LogP contribution >= 0.6 is 0 Å². The molecule has 3 nitrogen and oxygen atoms in total. The lowest BCUT2D eigenvalue weighted by Crippen LogP contribution is -2.27. The summed E-state index contributed by atoms with van der Waals surface area (Å²) < 4.78 is 57.4. The molecule has 0 saturated carbocycles. The molecule has 0 saturated heterocycles. The molecular weight excluding hydrogens is 405 g/mol. The van der Waals surface area contributed by atoms with E-state index in [0.717, 1.165) is 31.7 Å². The highest BCUT2D eigenvalue weighted by Gasteiger charge is 2.17. The van der Waals surface area contributed by atoms with Crippen LogP contribution in [0, 0.1) is 17.5 Å². The molecule has 0 N–H and O–H groups in total. The van der Waals surface area contributed by atoms with Crippen LogP contribution in [-0.4, -0.2) is 25.8 Å². The molecular formula is C25H41F3O3. The molecule has 0 amide bonds. The van der Waals surface area contributed by atoms with Crippen molar-refractivity contribution in [1.82, 2.24) is 0 Å². The van der Waals surface area contributed by atoms with Gasteiger partial charge < -0.3 is 14.2 Å². The van der Waals surface area contributed by atoms with Crippen LogP contribution in [0.5, 0.6) is 0 Å². The van der Waals surface area contributed by atoms with Crippen LogP contribution in [0.1, 0.15) is 97.0 Å². The van der Waals surface area contributed by atoms with Crippen LogP contribution in [0.25, 0.3) is 0 Å². The standard InChI is InChI=1S/C25H41F3O3/c1-4-7-8-9-10-11-12-16-21(31-25(29-5-2)30-6-3)17-14-13-15-20-18-23(27)24(28)19-22(20)26/h18-19,21,25H,4-17H2,1-3H3. The SMILES string of the molecule is CCCCCCCCCC(CCCCc1cc(F)c(F)cc1F)OC(OCC)OCC. The van der Waals surface area contributed by atoms with Gasteiger partial charge in [0.25, 0.3) is 6.48 Å². The van der Waals surface area contributed by atoms with Gasteiger partial charge in [-0.05, 0) is 51.2 Å². The van der Waals surface area contributed by atoms with E-state index in [1.165, 1.54) is 38.5 Å². The van der Waals surface area contributed by atoms with Crippen molar-refractivity contribution in [2.24, 2.45) is 0 Å². The molecule has 0 aliphatic carbocycles. The third kappa shape index (κ3) is 12.5. The second kappa shape index (κ2) is 17.4. The van der Waals surface area contributed by atoms with Crippen molar-refractivity contribution in [3.63, 3.8) is 0 Å². The zero-order chi connectivity index (χ0) is 22.9. The smallest absolute Gasteiger partial charge is 0.271 e. The number of rotatable bonds is 19. The maximum Gasteiger partial charge on any atom is 0.271 e. The van der Waals surface area contributed by atoms with Crippen molar-refractivity contribution in [3.05, 3.63) is 35.1 Å². The van der Waals surface area contributed by atoms with Crippen molar-refractivity contribution < 1.29 is 27.4 Å². The van der Waals surface area contributed by atoms with Crippen LogP contribution in [0.2, 0.25) is 0 Å². The Balaban J connectivity index is 2.47. The van der Waals surface area contributed by atoms with Crippen molar-refractivity contribution in [3.8, 4) is 0 Å². The lowest BCUT2D eigenvalue weighted by atomic mass is 10.0. The van der Waals surface area contributed by atoms with Gasteiger partial charge in [0.1, 0.15) is 5.82 Å². The fourth-order valence-corrected chi connectivity index (χ4v) is 3.61. The highest BCUT2D eigenvalue weighted by Crippen LogP contribution is 2.20. The molecule has 0 aliphatic heterocycles. The normalized spacial score (nSPS) is 12.6. The molecule has 0 heterocycles. The fraction of sp³-hybridized carbons (Fsp3) is 0.760. The van der Waals surface area contributed by atoms with E-state index in [4.69, 9.17) is 14.2 Å². The molecule has 180 valence electrons. The molecule has 1 unspecified atom stereocenters. The summed E-state index contributed by atoms with van der Waals surface area (Å²) in [6, 6.07) is 1.57. The Morgan fingerprint density at radius 2 is 1.23 bits per heavy atom. The van der Waals surface area contributed by atoms with E-state index in [9.17, 15) is 13.2 Å². The maximum atomic E-state index is 13.8. The molecule has 1 atom stereocenters. The van der Waals surface area contributed by atoms with Crippen molar-refractivity contribution in [2.45, 2.75) is 110 Å². The maximum absolute atomic E-state index is 13.8. The Morgan fingerprint density at radius 1 is 0.677 bits per heavy atom. The topological polar surface area (TPSA) is 27.7 Å². The lowest BCUT2D eigenvalue weighted by Gasteiger charge is -2.24. The number of hydrogen-bond acceptors (Lipinski definition) is 3. The van der Waals surface area contributed by atoms with Gasteiger partial charge >= 0.3 is 0 Å². The van der Waals surface area contributed by atoms with Crippen molar-refractivity contribution in [2.75, 3.05) is 13.2 Å². The highest BCUT2D eigenvalue weighted by molar-refractivity contribution is 5.20. The molecule has 0 radical (unpaired) electrons. The van der Waals surface area contributed by atoms with Gasteiger partial charge in [-0.3, -0.25) is 0 Å². The first-order valence-electron chi connectivity index (χ1n) is 12.0. The van der Waals surface area contributed by atoms with E-state index < -0.39 is 23.9 Å². The number of ether oxygens (including phenoxy) is 3. The number of aryl methyl sites for hydroxylation is 1. The highest BCUT2D eigenvalue weighted by atomic mass is 19.2. The molecule has 31 heavy (non-hydrogen) atoms. The average Bonchev–Trinajstić information content (AvgIpc) is 2.74. The first-order chi connectivity index (χ1) is 15.0. The van der Waals surface area contributed by atoms with E-state index in [2.05, 4.69) is 6.92 Å². The molecule has 6 heteroatoms. The van der Waals surface area contributed by atoms with E-state index in [0.29, 0.717) is 32.1 Å². The van der Waals surface area contributed by atoms with Crippen molar-refractivity contribution >= 4 is 0 Å². The second-order valence-electron chi connectivity index (χ2n) is 7.97. The van der Waals surface area contributed by atoms with Crippen molar-refractivity contribution in [1.29, 1.82) is 0 Å². The minimum atomic E-state index is -1.15. The summed E-state index contributed by atoms with van der Waals surface area (Å²) in [5.74, 6) is -2.85. The van der Waals surface area contributed by atoms with Crippen LogP contribution < -0.4 is 0 Å². The number of halogens is 3. The van der Waals surface area contributed by atoms with E-state index >= 15 is 0 Å². The second-order valence-corrected chi connectivity index (χ2v) is 7.97. The summed E-state index contributed by atoms with van der Waals surface area (Å²) in [6.45, 7) is 6.35. The molecule has 1 rings (SSSR count). The molecule has 0 spiro atoms. The Bertz CT molecular complexity index is 577. The first kappa shape index (κ1) is 27.9. The lowest BCUT2D eigenvalue weighted by molar-refractivity contribution is -0.302. The Hall–Kier alpha value is -1.11. The summed E-state index contributed by atoms with van der Waals surface area (Å²) in [5.41, 5.74) is 0.213. The number of benzene rings is 1. The Morgan fingerprint density at radius 3 is 1.84 bits per heavy atom. The van der Waals surface area contributed by atoms with Gasteiger partial charge in [-0.25, -0.2) is 13.2 Å². The molecule has 0 fully saturated rings. The average molecular weight is 447 g/mol. The van der Waals surface area contributed by atoms with Crippen LogP contribution in [-0.2, 0) is 20.6 Å². The third-order valence-electron chi connectivity index (χ3n) is 5.35. The quantitative estimate of drug-likeness (QED) is 0.124. The summed E-state index contributed by atoms with van der Waals surface area (Å²) in [7, 11) is 0. The van der Waals surface area contributed by atoms with Gasteiger partial charge in [0.15, 0.2) is 11.6 Å². The summed E-state index contributed by atoms with van der Waals surface area (Å²) in [6.07, 6.45) is 12.2. The molecule has 1 aromatic carbocycles. The van der Waals surface area contributed by atoms with Crippen LogP contribution in [0.15, 0.2) is 12.1 Å². The first-order valence-corrected chi connectivity index (χ1v) is 12.0. The summed E-state index contributed by atoms with van der Waals surface area (Å²) >= 11 is 0. The molecule has 0 aromatic heterocycles. The zero-order valence-corrected chi connectivity index (χ0v) is 19.6. The van der Waals surface area contributed by atoms with Gasteiger partial charge in [-0.15, -0.1) is 0 Å². The van der Waals surface area contributed by atoms with Crippen LogP contribution in [0.4, 0.5) is 13.2 Å². The third-order valence-corrected chi connectivity index (χ3v) is 5.35. The van der Waals surface area contributed by atoms with E-state index in [-0.39, 0.29) is 11.7 Å². The van der Waals surface area contributed by atoms with Gasteiger partial charge in [0, 0.05) is 19.3 Å². The van der Waals surface area contributed by atoms with Gasteiger partial charge in [0.05, 0.1) is 6.10 Å². The zero-order valence-electron chi connectivity index (χ0n) is 19.6. The Labute approximate surface area is 186 Å². The predicted octanol–water partition coefficient (Wildman–Crippen LogP) is 7.70. The van der Waals surface area contributed by atoms with Gasteiger partial charge in [0.2, 0.25) is 0 Å². The number of hydrogen-bond donors (Lipinski definition) is 0. The minimum absolute atomic E-state index is 0.00598. The monoisotopic (exact) mass is 446 g/mol. The van der Waals surface area contributed by atoms with Gasteiger partial charge in [-0.2, -0.15) is 0 Å². The molecule has 1 aromatic rings. The van der Waals surface area contributed by atoms with E-state index in [1.807, 2.05) is 13.8 Å². The Kier molecular flexibility index (Phi) is 15.7. The van der Waals surface area contributed by atoms with E-state index in [1.54, 1.807) is 0 Å². The summed E-state index contributed by atoms with van der Waals surface area (Å²) in [4.78, 5) is 0. The van der Waals surface area contributed by atoms with Gasteiger partial charge in [-0.1, -0.05) is 58.3 Å². The van der Waals surface area contributed by atoms with Crippen LogP contribution in [0.3, 0.4) is 0 Å². The minimum Gasteiger partial charge on any atom is -0.330 e. The molecule has 0 bridgehead atoms. The fourth-order valence-electron chi connectivity index (χ4n) is 3.61. The largest absolute Gasteiger partial charge is 0.330 e. The summed E-state index contributed by atoms with van der Waals surface area (Å²) in [5, 5.41) is 0. The predicted molar refractivity (Wildman–Crippen MR) is 118 cm³/mol. The molecule has 0 aliphatic rings.